The number of ether oxygens (including phenoxy) is 2. The summed E-state index contributed by atoms with van der Waals surface area (Å²) < 4.78 is 10.2. The van der Waals surface area contributed by atoms with Gasteiger partial charge in [-0.05, 0) is 17.7 Å². The highest BCUT2D eigenvalue weighted by Gasteiger charge is 2.02. The van der Waals surface area contributed by atoms with Gasteiger partial charge in [-0.1, -0.05) is 6.07 Å². The normalized spacial score (nSPS) is 10.4. The monoisotopic (exact) mass is 241 g/mol. The van der Waals surface area contributed by atoms with E-state index in [9.17, 15) is 0 Å². The molecule has 16 heavy (non-hydrogen) atoms. The van der Waals surface area contributed by atoms with Crippen LogP contribution in [0, 0.1) is 0 Å². The molecule has 0 aliphatic heterocycles. The molecule has 0 aliphatic carbocycles. The summed E-state index contributed by atoms with van der Waals surface area (Å²) in [7, 11) is 3.39. The van der Waals surface area contributed by atoms with E-state index in [0.717, 1.165) is 29.4 Å². The largest absolute Gasteiger partial charge is 0.496 e. The Bertz CT molecular complexity index is 318. The van der Waals surface area contributed by atoms with Crippen molar-refractivity contribution in [2.24, 2.45) is 5.73 Å². The molecule has 0 spiro atoms. The van der Waals surface area contributed by atoms with Gasteiger partial charge in [0.25, 0.3) is 0 Å². The molecule has 1 rings (SSSR count). The van der Waals surface area contributed by atoms with E-state index in [1.54, 1.807) is 14.2 Å². The molecule has 0 radical (unpaired) electrons. The molecule has 0 unspecified atom stereocenters. The standard InChI is InChI=1S/C12H19NO2S/c1-14-5-6-16-9-10-3-4-12(15-2)11(7-10)8-13/h3-4,7H,5-6,8-9,13H2,1-2H3. The van der Waals surface area contributed by atoms with Crippen LogP contribution in [-0.2, 0) is 17.0 Å². The minimum Gasteiger partial charge on any atom is -0.496 e. The van der Waals surface area contributed by atoms with Crippen molar-refractivity contribution in [1.29, 1.82) is 0 Å². The van der Waals surface area contributed by atoms with Crippen molar-refractivity contribution in [3.8, 4) is 5.75 Å². The van der Waals surface area contributed by atoms with E-state index in [4.69, 9.17) is 15.2 Å². The van der Waals surface area contributed by atoms with Gasteiger partial charge in [-0.3, -0.25) is 0 Å². The molecular weight excluding hydrogens is 222 g/mol. The van der Waals surface area contributed by atoms with E-state index in [1.165, 1.54) is 5.56 Å². The molecule has 0 aromatic heterocycles. The highest BCUT2D eigenvalue weighted by atomic mass is 32.2. The first-order valence-electron chi connectivity index (χ1n) is 5.24. The van der Waals surface area contributed by atoms with E-state index in [0.29, 0.717) is 6.54 Å². The summed E-state index contributed by atoms with van der Waals surface area (Å²) in [5.74, 6) is 2.87. The third-order valence-electron chi connectivity index (χ3n) is 2.27. The van der Waals surface area contributed by atoms with Crippen molar-refractivity contribution in [2.45, 2.75) is 12.3 Å². The Morgan fingerprint density at radius 2 is 2.12 bits per heavy atom. The van der Waals surface area contributed by atoms with Gasteiger partial charge < -0.3 is 15.2 Å². The Morgan fingerprint density at radius 1 is 1.31 bits per heavy atom. The van der Waals surface area contributed by atoms with Crippen LogP contribution in [-0.4, -0.2) is 26.6 Å². The first-order valence-corrected chi connectivity index (χ1v) is 6.39. The zero-order valence-electron chi connectivity index (χ0n) is 9.86. The first-order chi connectivity index (χ1) is 7.81. The highest BCUT2D eigenvalue weighted by molar-refractivity contribution is 7.98. The van der Waals surface area contributed by atoms with Crippen LogP contribution in [0.25, 0.3) is 0 Å². The summed E-state index contributed by atoms with van der Waals surface area (Å²) in [6, 6.07) is 6.17. The molecule has 0 heterocycles. The number of hydrogen-bond donors (Lipinski definition) is 1. The second-order valence-corrected chi connectivity index (χ2v) is 4.50. The zero-order chi connectivity index (χ0) is 11.8. The van der Waals surface area contributed by atoms with Gasteiger partial charge in [-0.15, -0.1) is 0 Å². The Kier molecular flexibility index (Phi) is 6.30. The third kappa shape index (κ3) is 4.04. The van der Waals surface area contributed by atoms with Crippen molar-refractivity contribution in [2.75, 3.05) is 26.6 Å². The Hall–Kier alpha value is -0.710. The quantitative estimate of drug-likeness (QED) is 0.742. The lowest BCUT2D eigenvalue weighted by Crippen LogP contribution is -2.01. The van der Waals surface area contributed by atoms with E-state index >= 15 is 0 Å². The van der Waals surface area contributed by atoms with Crippen LogP contribution >= 0.6 is 11.8 Å². The van der Waals surface area contributed by atoms with Crippen LogP contribution in [0.4, 0.5) is 0 Å². The highest BCUT2D eigenvalue weighted by Crippen LogP contribution is 2.21. The molecule has 0 aliphatic rings. The summed E-state index contributed by atoms with van der Waals surface area (Å²) >= 11 is 1.86. The van der Waals surface area contributed by atoms with Crippen LogP contribution in [0.1, 0.15) is 11.1 Å². The van der Waals surface area contributed by atoms with Crippen LogP contribution in [0.2, 0.25) is 0 Å². The molecule has 0 bridgehead atoms. The first kappa shape index (κ1) is 13.4. The Labute approximate surface area is 101 Å². The van der Waals surface area contributed by atoms with Gasteiger partial charge in [0.05, 0.1) is 13.7 Å². The maximum absolute atomic E-state index is 5.66. The average Bonchev–Trinajstić information content (AvgIpc) is 2.34. The zero-order valence-corrected chi connectivity index (χ0v) is 10.7. The fraction of sp³-hybridized carbons (Fsp3) is 0.500. The van der Waals surface area contributed by atoms with Crippen molar-refractivity contribution in [1.82, 2.24) is 0 Å². The molecule has 4 heteroatoms. The molecule has 90 valence electrons. The summed E-state index contributed by atoms with van der Waals surface area (Å²) in [6.45, 7) is 1.31. The molecule has 0 fully saturated rings. The second-order valence-electron chi connectivity index (χ2n) is 3.40. The van der Waals surface area contributed by atoms with E-state index < -0.39 is 0 Å². The predicted molar refractivity (Wildman–Crippen MR) is 68.9 cm³/mol. The van der Waals surface area contributed by atoms with Crippen molar-refractivity contribution in [3.05, 3.63) is 29.3 Å². The van der Waals surface area contributed by atoms with Crippen molar-refractivity contribution >= 4 is 11.8 Å². The number of thioether (sulfide) groups is 1. The maximum Gasteiger partial charge on any atom is 0.123 e. The summed E-state index contributed by atoms with van der Waals surface area (Å²) in [4.78, 5) is 0. The van der Waals surface area contributed by atoms with Gasteiger partial charge in [0, 0.05) is 30.7 Å². The van der Waals surface area contributed by atoms with Crippen molar-refractivity contribution in [3.63, 3.8) is 0 Å². The fourth-order valence-electron chi connectivity index (χ4n) is 1.41. The smallest absolute Gasteiger partial charge is 0.123 e. The molecule has 0 saturated heterocycles. The molecule has 3 nitrogen and oxygen atoms in total. The number of hydrogen-bond acceptors (Lipinski definition) is 4. The molecule has 0 saturated carbocycles. The second kappa shape index (κ2) is 7.54. The van der Waals surface area contributed by atoms with Gasteiger partial charge >= 0.3 is 0 Å². The lowest BCUT2D eigenvalue weighted by molar-refractivity contribution is 0.218. The van der Waals surface area contributed by atoms with Gasteiger partial charge in [0.15, 0.2) is 0 Å². The summed E-state index contributed by atoms with van der Waals surface area (Å²) in [6.07, 6.45) is 0. The van der Waals surface area contributed by atoms with Gasteiger partial charge in [0.2, 0.25) is 0 Å². The van der Waals surface area contributed by atoms with Crippen LogP contribution < -0.4 is 10.5 Å². The fourth-order valence-corrected chi connectivity index (χ4v) is 2.26. The maximum atomic E-state index is 5.66. The van der Waals surface area contributed by atoms with E-state index in [-0.39, 0.29) is 0 Å². The average molecular weight is 241 g/mol. The lowest BCUT2D eigenvalue weighted by Gasteiger charge is -2.09. The topological polar surface area (TPSA) is 44.5 Å². The van der Waals surface area contributed by atoms with Crippen LogP contribution in [0.15, 0.2) is 18.2 Å². The van der Waals surface area contributed by atoms with Gasteiger partial charge in [-0.2, -0.15) is 11.8 Å². The van der Waals surface area contributed by atoms with Crippen molar-refractivity contribution < 1.29 is 9.47 Å². The van der Waals surface area contributed by atoms with Gasteiger partial charge in [-0.25, -0.2) is 0 Å². The molecule has 1 aromatic carbocycles. The Morgan fingerprint density at radius 3 is 2.75 bits per heavy atom. The molecule has 0 amide bonds. The minimum atomic E-state index is 0.514. The third-order valence-corrected chi connectivity index (χ3v) is 3.26. The molecule has 1 aromatic rings. The number of benzene rings is 1. The Balaban J connectivity index is 2.54. The molecule has 0 atom stereocenters. The number of methoxy groups -OCH3 is 2. The number of rotatable bonds is 7. The molecular formula is C12H19NO2S. The predicted octanol–water partition coefficient (Wildman–Crippen LogP) is 2.03. The summed E-state index contributed by atoms with van der Waals surface area (Å²) in [5.41, 5.74) is 8.01. The summed E-state index contributed by atoms with van der Waals surface area (Å²) in [5, 5.41) is 0. The van der Waals surface area contributed by atoms with Crippen LogP contribution in [0.3, 0.4) is 0 Å². The van der Waals surface area contributed by atoms with Crippen LogP contribution in [0.5, 0.6) is 5.75 Å². The SMILES string of the molecule is COCCSCc1ccc(OC)c(CN)c1. The lowest BCUT2D eigenvalue weighted by atomic mass is 10.1. The minimum absolute atomic E-state index is 0.514. The molecule has 2 N–H and O–H groups in total. The number of nitrogens with two attached hydrogens (primary N) is 1. The van der Waals surface area contributed by atoms with E-state index in [1.807, 2.05) is 17.8 Å². The van der Waals surface area contributed by atoms with E-state index in [2.05, 4.69) is 12.1 Å². The van der Waals surface area contributed by atoms with Gasteiger partial charge in [0.1, 0.15) is 5.75 Å².